The zero-order valence-electron chi connectivity index (χ0n) is 13.1. The van der Waals surface area contributed by atoms with E-state index in [0.717, 1.165) is 51.9 Å². The van der Waals surface area contributed by atoms with Crippen molar-refractivity contribution in [1.29, 1.82) is 0 Å². The zero-order chi connectivity index (χ0) is 15.5. The van der Waals surface area contributed by atoms with Crippen LogP contribution in [0.25, 0.3) is 0 Å². The Labute approximate surface area is 128 Å². The largest absolute Gasteiger partial charge is 0.390 e. The summed E-state index contributed by atoms with van der Waals surface area (Å²) < 4.78 is 30.6. The van der Waals surface area contributed by atoms with Gasteiger partial charge in [-0.1, -0.05) is 0 Å². The Hall–Kier alpha value is -0.210. The molecule has 2 rings (SSSR count). The van der Waals surface area contributed by atoms with Crippen molar-refractivity contribution in [1.82, 2.24) is 9.21 Å². The number of hydrogen-bond acceptors (Lipinski definition) is 5. The molecule has 0 aliphatic carbocycles. The number of ether oxygens (including phenoxy) is 1. The van der Waals surface area contributed by atoms with E-state index < -0.39 is 10.0 Å². The highest BCUT2D eigenvalue weighted by Gasteiger charge is 2.43. The quantitative estimate of drug-likeness (QED) is 0.788. The number of piperidine rings is 1. The number of rotatable bonds is 5. The number of likely N-dealkylation sites (tertiary alicyclic amines) is 1. The fourth-order valence-corrected chi connectivity index (χ4v) is 4.06. The Kier molecular flexibility index (Phi) is 5.65. The van der Waals surface area contributed by atoms with Crippen LogP contribution >= 0.6 is 0 Å². The number of aliphatic hydroxyl groups is 1. The van der Waals surface area contributed by atoms with Crippen molar-refractivity contribution in [3.63, 3.8) is 0 Å². The molecular formula is C14H28N2O4S. The molecule has 6 nitrogen and oxygen atoms in total. The van der Waals surface area contributed by atoms with Crippen LogP contribution in [0.4, 0.5) is 0 Å². The molecule has 124 valence electrons. The summed E-state index contributed by atoms with van der Waals surface area (Å²) in [7, 11) is 0.0496. The summed E-state index contributed by atoms with van der Waals surface area (Å²) in [4.78, 5) is 2.28. The third kappa shape index (κ3) is 4.16. The van der Waals surface area contributed by atoms with Gasteiger partial charge < -0.3 is 14.7 Å². The molecule has 0 radical (unpaired) electrons. The molecule has 0 aromatic rings. The van der Waals surface area contributed by atoms with E-state index in [2.05, 4.69) is 4.90 Å². The van der Waals surface area contributed by atoms with E-state index in [1.165, 1.54) is 4.31 Å². The van der Waals surface area contributed by atoms with Gasteiger partial charge in [0.1, 0.15) is 0 Å². The summed E-state index contributed by atoms with van der Waals surface area (Å²) in [6.07, 6.45) is 3.76. The molecule has 2 fully saturated rings. The molecule has 1 N–H and O–H groups in total. The lowest BCUT2D eigenvalue weighted by molar-refractivity contribution is -0.176. The number of sulfonamides is 1. The first-order valence-corrected chi connectivity index (χ1v) is 9.41. The van der Waals surface area contributed by atoms with E-state index in [-0.39, 0.29) is 17.5 Å². The van der Waals surface area contributed by atoms with Crippen LogP contribution in [0.1, 0.15) is 32.1 Å². The highest BCUT2D eigenvalue weighted by atomic mass is 32.2. The second-order valence-corrected chi connectivity index (χ2v) is 8.67. The normalized spacial score (nSPS) is 27.3. The van der Waals surface area contributed by atoms with Gasteiger partial charge in [0.05, 0.1) is 17.5 Å². The molecule has 2 aliphatic heterocycles. The van der Waals surface area contributed by atoms with Crippen molar-refractivity contribution in [2.45, 2.75) is 43.8 Å². The Balaban J connectivity index is 1.75. The smallest absolute Gasteiger partial charge is 0.213 e. The van der Waals surface area contributed by atoms with Gasteiger partial charge in [0.25, 0.3) is 0 Å². The predicted octanol–water partition coefficient (Wildman–Crippen LogP) is 0.274. The Morgan fingerprint density at radius 2 is 2.00 bits per heavy atom. The molecule has 1 spiro atoms. The molecule has 0 aromatic carbocycles. The minimum absolute atomic E-state index is 0.195. The highest BCUT2D eigenvalue weighted by molar-refractivity contribution is 7.89. The summed E-state index contributed by atoms with van der Waals surface area (Å²) in [5.41, 5.74) is -0.343. The molecule has 0 saturated carbocycles. The number of hydrogen-bond donors (Lipinski definition) is 1. The molecule has 2 saturated heterocycles. The summed E-state index contributed by atoms with van der Waals surface area (Å²) >= 11 is 0. The maximum absolute atomic E-state index is 11.7. The Bertz CT molecular complexity index is 430. The first kappa shape index (κ1) is 17.1. The molecular weight excluding hydrogens is 292 g/mol. The monoisotopic (exact) mass is 320 g/mol. The minimum atomic E-state index is -3.09. The molecule has 1 atom stereocenters. The minimum Gasteiger partial charge on any atom is -0.390 e. The molecule has 2 heterocycles. The summed E-state index contributed by atoms with van der Waals surface area (Å²) in [6.45, 7) is 3.29. The standard InChI is InChI=1S/C14H28N2O4S/c1-15(2)21(18,19)12-4-8-16-9-6-14(7-10-16)13(17)5-3-11-20-14/h13,17H,3-12H2,1-2H3/t13-/m0/s1. The molecule has 0 amide bonds. The molecule has 21 heavy (non-hydrogen) atoms. The van der Waals surface area contributed by atoms with Gasteiger partial charge in [0.2, 0.25) is 10.0 Å². The van der Waals surface area contributed by atoms with Gasteiger partial charge in [-0.15, -0.1) is 0 Å². The Morgan fingerprint density at radius 1 is 1.33 bits per heavy atom. The first-order valence-electron chi connectivity index (χ1n) is 7.80. The Morgan fingerprint density at radius 3 is 2.57 bits per heavy atom. The van der Waals surface area contributed by atoms with Crippen LogP contribution in [0.15, 0.2) is 0 Å². The number of aliphatic hydroxyl groups excluding tert-OH is 1. The van der Waals surface area contributed by atoms with Crippen molar-refractivity contribution in [2.75, 3.05) is 46.1 Å². The van der Waals surface area contributed by atoms with Crippen molar-refractivity contribution in [2.24, 2.45) is 0 Å². The van der Waals surface area contributed by atoms with Crippen molar-refractivity contribution in [3.05, 3.63) is 0 Å². The topological polar surface area (TPSA) is 70.1 Å². The second-order valence-electron chi connectivity index (χ2n) is 6.36. The molecule has 0 unspecified atom stereocenters. The van der Waals surface area contributed by atoms with Gasteiger partial charge in [0.15, 0.2) is 0 Å². The van der Waals surface area contributed by atoms with Gasteiger partial charge in [-0.25, -0.2) is 12.7 Å². The van der Waals surface area contributed by atoms with Crippen LogP contribution in [0.3, 0.4) is 0 Å². The SMILES string of the molecule is CN(C)S(=O)(=O)CCCN1CCC2(CC1)OCCC[C@@H]2O. The van der Waals surface area contributed by atoms with Crippen LogP contribution in [0, 0.1) is 0 Å². The fourth-order valence-electron chi connectivity index (χ4n) is 3.20. The summed E-state index contributed by atoms with van der Waals surface area (Å²) in [5, 5.41) is 10.2. The van der Waals surface area contributed by atoms with Crippen LogP contribution in [0.2, 0.25) is 0 Å². The van der Waals surface area contributed by atoms with E-state index in [0.29, 0.717) is 6.42 Å². The van der Waals surface area contributed by atoms with Gasteiger partial charge in [-0.3, -0.25) is 0 Å². The highest BCUT2D eigenvalue weighted by Crippen LogP contribution is 2.35. The van der Waals surface area contributed by atoms with E-state index >= 15 is 0 Å². The lowest BCUT2D eigenvalue weighted by Crippen LogP contribution is -2.55. The first-order chi connectivity index (χ1) is 9.86. The maximum atomic E-state index is 11.7. The third-order valence-electron chi connectivity index (χ3n) is 4.75. The van der Waals surface area contributed by atoms with Crippen LogP contribution < -0.4 is 0 Å². The van der Waals surface area contributed by atoms with E-state index in [4.69, 9.17) is 4.74 Å². The zero-order valence-corrected chi connectivity index (χ0v) is 13.9. The van der Waals surface area contributed by atoms with Crippen LogP contribution in [0.5, 0.6) is 0 Å². The predicted molar refractivity (Wildman–Crippen MR) is 81.7 cm³/mol. The van der Waals surface area contributed by atoms with Crippen molar-refractivity contribution in [3.8, 4) is 0 Å². The molecule has 2 aliphatic rings. The van der Waals surface area contributed by atoms with Gasteiger partial charge in [-0.2, -0.15) is 0 Å². The van der Waals surface area contributed by atoms with E-state index in [9.17, 15) is 13.5 Å². The fraction of sp³-hybridized carbons (Fsp3) is 1.00. The lowest BCUT2D eigenvalue weighted by atomic mass is 9.82. The summed E-state index contributed by atoms with van der Waals surface area (Å²) in [5.74, 6) is 0.195. The van der Waals surface area contributed by atoms with Crippen molar-refractivity contribution < 1.29 is 18.3 Å². The molecule has 0 bridgehead atoms. The van der Waals surface area contributed by atoms with Gasteiger partial charge in [-0.05, 0) is 38.6 Å². The van der Waals surface area contributed by atoms with Gasteiger partial charge >= 0.3 is 0 Å². The average Bonchev–Trinajstić information content (AvgIpc) is 2.44. The molecule has 0 aromatic heterocycles. The lowest BCUT2D eigenvalue weighted by Gasteiger charge is -2.46. The second kappa shape index (κ2) is 6.91. The third-order valence-corrected chi connectivity index (χ3v) is 6.67. The molecule has 7 heteroatoms. The van der Waals surface area contributed by atoms with Gasteiger partial charge in [0, 0.05) is 33.8 Å². The number of nitrogens with zero attached hydrogens (tertiary/aromatic N) is 2. The maximum Gasteiger partial charge on any atom is 0.213 e. The van der Waals surface area contributed by atoms with E-state index in [1.54, 1.807) is 14.1 Å². The average molecular weight is 320 g/mol. The van der Waals surface area contributed by atoms with Crippen molar-refractivity contribution >= 4 is 10.0 Å². The van der Waals surface area contributed by atoms with Crippen LogP contribution in [-0.2, 0) is 14.8 Å². The van der Waals surface area contributed by atoms with E-state index in [1.807, 2.05) is 0 Å². The summed E-state index contributed by atoms with van der Waals surface area (Å²) in [6, 6.07) is 0. The van der Waals surface area contributed by atoms with Crippen LogP contribution in [-0.4, -0.2) is 80.5 Å².